The molecule has 1 aromatic carbocycles. The second-order valence-corrected chi connectivity index (χ2v) is 6.36. The number of carbonyl (C=O) groups is 1. The maximum absolute atomic E-state index is 14.4. The van der Waals surface area contributed by atoms with E-state index in [4.69, 9.17) is 9.84 Å². The van der Waals surface area contributed by atoms with Gasteiger partial charge in [0.1, 0.15) is 5.82 Å². The molecule has 1 saturated heterocycles. The van der Waals surface area contributed by atoms with E-state index in [-0.39, 0.29) is 31.1 Å². The lowest BCUT2D eigenvalue weighted by atomic mass is 10.1. The number of hydrogen-bond acceptors (Lipinski definition) is 4. The highest BCUT2D eigenvalue weighted by Crippen LogP contribution is 2.24. The number of halogens is 1. The summed E-state index contributed by atoms with van der Waals surface area (Å²) in [5.41, 5.74) is 1.23. The fourth-order valence-electron chi connectivity index (χ4n) is 2.78. The summed E-state index contributed by atoms with van der Waals surface area (Å²) in [6, 6.07) is 4.59. The molecule has 3 atom stereocenters. The van der Waals surface area contributed by atoms with Gasteiger partial charge in [0.25, 0.3) is 0 Å². The van der Waals surface area contributed by atoms with Gasteiger partial charge in [-0.15, -0.1) is 0 Å². The van der Waals surface area contributed by atoms with Crippen LogP contribution in [0.2, 0.25) is 0 Å². The van der Waals surface area contributed by atoms with E-state index in [1.165, 1.54) is 6.07 Å². The van der Waals surface area contributed by atoms with Gasteiger partial charge < -0.3 is 25.4 Å². The van der Waals surface area contributed by atoms with Gasteiger partial charge in [0.2, 0.25) is 0 Å². The monoisotopic (exact) mass is 339 g/mol. The molecule has 0 radical (unpaired) electrons. The Morgan fingerprint density at radius 3 is 2.62 bits per heavy atom. The second-order valence-electron chi connectivity index (χ2n) is 6.36. The van der Waals surface area contributed by atoms with Crippen molar-refractivity contribution >= 4 is 11.7 Å². The van der Waals surface area contributed by atoms with Crippen molar-refractivity contribution in [2.24, 2.45) is 0 Å². The lowest BCUT2D eigenvalue weighted by molar-refractivity contribution is -0.00539. The smallest absolute Gasteiger partial charge is 0.315 e. The first-order valence-electron chi connectivity index (χ1n) is 8.23. The molecule has 7 heteroatoms. The van der Waals surface area contributed by atoms with Gasteiger partial charge in [-0.3, -0.25) is 0 Å². The molecule has 0 unspecified atom stereocenters. The summed E-state index contributed by atoms with van der Waals surface area (Å²) in [4.78, 5) is 13.5. The van der Waals surface area contributed by atoms with Crippen molar-refractivity contribution in [1.29, 1.82) is 0 Å². The van der Waals surface area contributed by atoms with Crippen LogP contribution in [0.3, 0.4) is 0 Å². The van der Waals surface area contributed by atoms with Crippen molar-refractivity contribution in [1.82, 2.24) is 10.6 Å². The molecule has 0 saturated carbocycles. The molecule has 1 aromatic rings. The van der Waals surface area contributed by atoms with Crippen molar-refractivity contribution in [2.75, 3.05) is 24.5 Å². The van der Waals surface area contributed by atoms with Crippen LogP contribution in [0.5, 0.6) is 0 Å². The number of ether oxygens (including phenoxy) is 1. The molecule has 134 valence electrons. The standard InChI is InChI=1S/C17H26FN3O3/c1-11(22)7-19-17(23)20-8-14-4-5-16(15(18)6-14)21-9-12(2)24-13(3)10-21/h4-6,11-13,22H,7-10H2,1-3H3,(H2,19,20,23)/t11-,12+,13+/m0/s1. The first-order valence-corrected chi connectivity index (χ1v) is 8.23. The highest BCUT2D eigenvalue weighted by atomic mass is 19.1. The molecule has 0 bridgehead atoms. The minimum absolute atomic E-state index is 0.0621. The normalized spacial score (nSPS) is 22.1. The first-order chi connectivity index (χ1) is 11.3. The van der Waals surface area contributed by atoms with Crippen LogP contribution < -0.4 is 15.5 Å². The van der Waals surface area contributed by atoms with Crippen molar-refractivity contribution in [3.63, 3.8) is 0 Å². The van der Waals surface area contributed by atoms with Crippen LogP contribution in [0.1, 0.15) is 26.3 Å². The van der Waals surface area contributed by atoms with Crippen LogP contribution >= 0.6 is 0 Å². The summed E-state index contributed by atoms with van der Waals surface area (Å²) in [6.07, 6.45) is -0.481. The fraction of sp³-hybridized carbons (Fsp3) is 0.588. The topological polar surface area (TPSA) is 73.8 Å². The number of aliphatic hydroxyl groups is 1. The number of benzene rings is 1. The zero-order valence-corrected chi connectivity index (χ0v) is 14.4. The number of hydrogen-bond donors (Lipinski definition) is 3. The highest BCUT2D eigenvalue weighted by molar-refractivity contribution is 5.73. The Morgan fingerprint density at radius 2 is 2.04 bits per heavy atom. The van der Waals surface area contributed by atoms with E-state index < -0.39 is 12.1 Å². The number of rotatable bonds is 5. The van der Waals surface area contributed by atoms with Crippen LogP contribution in [0.15, 0.2) is 18.2 Å². The number of carbonyl (C=O) groups excluding carboxylic acids is 1. The Balaban J connectivity index is 1.93. The van der Waals surface area contributed by atoms with Crippen LogP contribution in [-0.2, 0) is 11.3 Å². The maximum Gasteiger partial charge on any atom is 0.315 e. The Morgan fingerprint density at radius 1 is 1.38 bits per heavy atom. The Bertz CT molecular complexity index is 558. The zero-order valence-electron chi connectivity index (χ0n) is 14.4. The van der Waals surface area contributed by atoms with Gasteiger partial charge >= 0.3 is 6.03 Å². The van der Waals surface area contributed by atoms with Crippen LogP contribution in [0.25, 0.3) is 0 Å². The number of nitrogens with zero attached hydrogens (tertiary/aromatic N) is 1. The first kappa shape index (κ1) is 18.5. The van der Waals surface area contributed by atoms with E-state index in [1.54, 1.807) is 19.1 Å². The minimum Gasteiger partial charge on any atom is -0.392 e. The van der Waals surface area contributed by atoms with E-state index in [2.05, 4.69) is 10.6 Å². The van der Waals surface area contributed by atoms with Gasteiger partial charge in [0.05, 0.1) is 24.0 Å². The highest BCUT2D eigenvalue weighted by Gasteiger charge is 2.24. The lowest BCUT2D eigenvalue weighted by Gasteiger charge is -2.37. The predicted octanol–water partition coefficient (Wildman–Crippen LogP) is 1.62. The fourth-order valence-corrected chi connectivity index (χ4v) is 2.78. The van der Waals surface area contributed by atoms with E-state index in [1.807, 2.05) is 18.7 Å². The van der Waals surface area contributed by atoms with Gasteiger partial charge in [-0.2, -0.15) is 0 Å². The molecule has 1 fully saturated rings. The molecule has 0 aliphatic carbocycles. The third-order valence-corrected chi connectivity index (χ3v) is 3.78. The summed E-state index contributed by atoms with van der Waals surface area (Å²) in [5, 5.41) is 14.3. The minimum atomic E-state index is -0.606. The summed E-state index contributed by atoms with van der Waals surface area (Å²) >= 11 is 0. The zero-order chi connectivity index (χ0) is 17.7. The molecule has 1 aliphatic rings. The van der Waals surface area contributed by atoms with E-state index in [0.29, 0.717) is 24.3 Å². The molecular formula is C17H26FN3O3. The summed E-state index contributed by atoms with van der Waals surface area (Å²) in [5.74, 6) is -0.306. The lowest BCUT2D eigenvalue weighted by Crippen LogP contribution is -2.45. The predicted molar refractivity (Wildman–Crippen MR) is 90.5 cm³/mol. The molecule has 2 amide bonds. The SMILES string of the molecule is C[C@H](O)CNC(=O)NCc1ccc(N2C[C@@H](C)O[C@H](C)C2)c(F)c1. The molecule has 0 spiro atoms. The number of morpholine rings is 1. The molecule has 6 nitrogen and oxygen atoms in total. The van der Waals surface area contributed by atoms with Gasteiger partial charge in [0.15, 0.2) is 0 Å². The Kier molecular flexibility index (Phi) is 6.39. The van der Waals surface area contributed by atoms with E-state index >= 15 is 0 Å². The number of amides is 2. The maximum atomic E-state index is 14.4. The molecule has 1 heterocycles. The van der Waals surface area contributed by atoms with E-state index in [9.17, 15) is 9.18 Å². The summed E-state index contributed by atoms with van der Waals surface area (Å²) in [6.45, 7) is 7.24. The van der Waals surface area contributed by atoms with Crippen LogP contribution in [-0.4, -0.2) is 49.1 Å². The molecular weight excluding hydrogens is 313 g/mol. The molecule has 3 N–H and O–H groups in total. The molecule has 2 rings (SSSR count). The average molecular weight is 339 g/mol. The summed E-state index contributed by atoms with van der Waals surface area (Å²) < 4.78 is 20.1. The van der Waals surface area contributed by atoms with Crippen molar-refractivity contribution in [3.05, 3.63) is 29.6 Å². The Hall–Kier alpha value is -1.86. The number of urea groups is 1. The van der Waals surface area contributed by atoms with Gasteiger partial charge in [-0.05, 0) is 38.5 Å². The molecule has 24 heavy (non-hydrogen) atoms. The van der Waals surface area contributed by atoms with Gasteiger partial charge in [0, 0.05) is 26.2 Å². The molecule has 0 aromatic heterocycles. The van der Waals surface area contributed by atoms with Crippen molar-refractivity contribution < 1.29 is 19.0 Å². The van der Waals surface area contributed by atoms with Crippen LogP contribution in [0.4, 0.5) is 14.9 Å². The average Bonchev–Trinajstić information content (AvgIpc) is 2.50. The van der Waals surface area contributed by atoms with Crippen molar-refractivity contribution in [2.45, 2.75) is 45.6 Å². The quantitative estimate of drug-likeness (QED) is 0.762. The Labute approximate surface area is 142 Å². The third kappa shape index (κ3) is 5.35. The number of nitrogens with one attached hydrogen (secondary N) is 2. The number of anilines is 1. The second kappa shape index (κ2) is 8.30. The van der Waals surface area contributed by atoms with Gasteiger partial charge in [-0.1, -0.05) is 6.07 Å². The van der Waals surface area contributed by atoms with E-state index in [0.717, 1.165) is 0 Å². The van der Waals surface area contributed by atoms with Gasteiger partial charge in [-0.25, -0.2) is 9.18 Å². The largest absolute Gasteiger partial charge is 0.392 e. The van der Waals surface area contributed by atoms with Crippen LogP contribution in [0, 0.1) is 5.82 Å². The number of aliphatic hydroxyl groups excluding tert-OH is 1. The van der Waals surface area contributed by atoms with Crippen molar-refractivity contribution in [3.8, 4) is 0 Å². The molecule has 1 aliphatic heterocycles. The summed E-state index contributed by atoms with van der Waals surface area (Å²) in [7, 11) is 0. The third-order valence-electron chi connectivity index (χ3n) is 3.78.